The first-order chi connectivity index (χ1) is 19.5. The number of rotatable bonds is 10. The number of hydrogen-bond donors (Lipinski definition) is 3. The molecule has 0 atom stereocenters. The van der Waals surface area contributed by atoms with Gasteiger partial charge in [0, 0.05) is 5.69 Å². The zero-order valence-electron chi connectivity index (χ0n) is 21.8. The number of hydrazone groups is 1. The highest BCUT2D eigenvalue weighted by Crippen LogP contribution is 2.20. The standard InChI is InChI=1S/C31H28N4O5/c1-2-39-25-18-14-24(15-19-25)33-29(36)27-10-6-7-11-28(27)34-30(37)31(38)35-32-20-22-12-16-26(17-13-22)40-21-23-8-4-3-5-9-23/h3-20H,2,21H2,1H3,(H,33,36)(H,34,37)(H,35,38). The van der Waals surface area contributed by atoms with Crippen LogP contribution in [0.5, 0.6) is 11.5 Å². The molecule has 4 rings (SSSR count). The van der Waals surface area contributed by atoms with Gasteiger partial charge in [0.25, 0.3) is 5.91 Å². The number of ether oxygens (including phenoxy) is 2. The van der Waals surface area contributed by atoms with E-state index in [1.165, 1.54) is 12.3 Å². The van der Waals surface area contributed by atoms with Crippen LogP contribution in [0.4, 0.5) is 11.4 Å². The number of amides is 3. The van der Waals surface area contributed by atoms with E-state index >= 15 is 0 Å². The van der Waals surface area contributed by atoms with Crippen molar-refractivity contribution in [3.05, 3.63) is 120 Å². The van der Waals surface area contributed by atoms with Gasteiger partial charge in [-0.05, 0) is 78.7 Å². The Balaban J connectivity index is 1.28. The predicted molar refractivity (Wildman–Crippen MR) is 154 cm³/mol. The molecule has 0 spiro atoms. The number of anilines is 2. The van der Waals surface area contributed by atoms with Crippen LogP contribution in [0.15, 0.2) is 108 Å². The number of hydrogen-bond acceptors (Lipinski definition) is 6. The fraction of sp³-hybridized carbons (Fsp3) is 0.0968. The van der Waals surface area contributed by atoms with Crippen LogP contribution in [-0.2, 0) is 16.2 Å². The van der Waals surface area contributed by atoms with Gasteiger partial charge in [0.15, 0.2) is 0 Å². The van der Waals surface area contributed by atoms with Crippen molar-refractivity contribution in [3.8, 4) is 11.5 Å². The van der Waals surface area contributed by atoms with E-state index in [2.05, 4.69) is 21.2 Å². The van der Waals surface area contributed by atoms with Crippen LogP contribution < -0.4 is 25.5 Å². The van der Waals surface area contributed by atoms with Crippen LogP contribution in [0, 0.1) is 0 Å². The average molecular weight is 537 g/mol. The van der Waals surface area contributed by atoms with Crippen LogP contribution in [0.25, 0.3) is 0 Å². The number of nitrogens with zero attached hydrogens (tertiary/aromatic N) is 1. The first kappa shape index (κ1) is 27.6. The van der Waals surface area contributed by atoms with Gasteiger partial charge in [0.1, 0.15) is 18.1 Å². The summed E-state index contributed by atoms with van der Waals surface area (Å²) in [6.07, 6.45) is 1.41. The van der Waals surface area contributed by atoms with E-state index in [9.17, 15) is 14.4 Å². The molecule has 0 bridgehead atoms. The first-order valence-corrected chi connectivity index (χ1v) is 12.6. The molecule has 0 aromatic heterocycles. The van der Waals surface area contributed by atoms with Crippen LogP contribution in [0.1, 0.15) is 28.4 Å². The van der Waals surface area contributed by atoms with Gasteiger partial charge < -0.3 is 20.1 Å². The lowest BCUT2D eigenvalue weighted by atomic mass is 10.1. The van der Waals surface area contributed by atoms with Crippen LogP contribution in [0.3, 0.4) is 0 Å². The van der Waals surface area contributed by atoms with Gasteiger partial charge in [-0.15, -0.1) is 0 Å². The van der Waals surface area contributed by atoms with Gasteiger partial charge in [-0.2, -0.15) is 5.10 Å². The topological polar surface area (TPSA) is 118 Å². The van der Waals surface area contributed by atoms with Crippen molar-refractivity contribution in [2.75, 3.05) is 17.2 Å². The number of benzene rings is 4. The smallest absolute Gasteiger partial charge is 0.329 e. The lowest BCUT2D eigenvalue weighted by molar-refractivity contribution is -0.136. The molecule has 3 amide bonds. The van der Waals surface area contributed by atoms with Gasteiger partial charge in [-0.3, -0.25) is 14.4 Å². The van der Waals surface area contributed by atoms with E-state index in [1.807, 2.05) is 37.3 Å². The summed E-state index contributed by atoms with van der Waals surface area (Å²) in [4.78, 5) is 37.6. The number of nitrogens with one attached hydrogen (secondary N) is 3. The lowest BCUT2D eigenvalue weighted by Gasteiger charge is -2.11. The fourth-order valence-electron chi connectivity index (χ4n) is 3.58. The Morgan fingerprint density at radius 3 is 2.10 bits per heavy atom. The zero-order chi connectivity index (χ0) is 28.2. The summed E-state index contributed by atoms with van der Waals surface area (Å²) < 4.78 is 11.2. The second-order valence-electron chi connectivity index (χ2n) is 8.45. The summed E-state index contributed by atoms with van der Waals surface area (Å²) in [5, 5.41) is 9.07. The van der Waals surface area contributed by atoms with Crippen LogP contribution in [0.2, 0.25) is 0 Å². The second kappa shape index (κ2) is 13.9. The summed E-state index contributed by atoms with van der Waals surface area (Å²) in [6.45, 7) is 2.87. The molecule has 4 aromatic rings. The molecule has 202 valence electrons. The summed E-state index contributed by atoms with van der Waals surface area (Å²) in [7, 11) is 0. The molecule has 0 saturated heterocycles. The third-order valence-electron chi connectivity index (χ3n) is 5.56. The SMILES string of the molecule is CCOc1ccc(NC(=O)c2ccccc2NC(=O)C(=O)NN=Cc2ccc(OCc3ccccc3)cc2)cc1. The summed E-state index contributed by atoms with van der Waals surface area (Å²) >= 11 is 0. The molecule has 40 heavy (non-hydrogen) atoms. The van der Waals surface area contributed by atoms with E-state index in [-0.39, 0.29) is 11.3 Å². The Kier molecular flexibility index (Phi) is 9.60. The van der Waals surface area contributed by atoms with Gasteiger partial charge in [-0.25, -0.2) is 5.43 Å². The second-order valence-corrected chi connectivity index (χ2v) is 8.45. The van der Waals surface area contributed by atoms with E-state index in [0.717, 1.165) is 5.56 Å². The number of carbonyl (C=O) groups is 3. The third kappa shape index (κ3) is 8.03. The van der Waals surface area contributed by atoms with Crippen LogP contribution in [-0.4, -0.2) is 30.5 Å². The minimum absolute atomic E-state index is 0.182. The minimum atomic E-state index is -0.985. The Morgan fingerprint density at radius 2 is 1.38 bits per heavy atom. The van der Waals surface area contributed by atoms with Crippen molar-refractivity contribution in [2.24, 2.45) is 5.10 Å². The maximum atomic E-state index is 12.8. The molecule has 0 aliphatic carbocycles. The van der Waals surface area contributed by atoms with E-state index in [1.54, 1.807) is 66.7 Å². The molecule has 0 unspecified atom stereocenters. The van der Waals surface area contributed by atoms with E-state index in [0.29, 0.717) is 36.0 Å². The fourth-order valence-corrected chi connectivity index (χ4v) is 3.58. The molecule has 0 radical (unpaired) electrons. The summed E-state index contributed by atoms with van der Waals surface area (Å²) in [6, 6.07) is 30.2. The normalized spacial score (nSPS) is 10.5. The number of carbonyl (C=O) groups excluding carboxylic acids is 3. The predicted octanol–water partition coefficient (Wildman–Crippen LogP) is 5.01. The van der Waals surface area contributed by atoms with Crippen molar-refractivity contribution in [1.82, 2.24) is 5.43 Å². The third-order valence-corrected chi connectivity index (χ3v) is 5.56. The quantitative estimate of drug-likeness (QED) is 0.150. The molecular formula is C31H28N4O5. The lowest BCUT2D eigenvalue weighted by Crippen LogP contribution is -2.33. The molecule has 0 fully saturated rings. The highest BCUT2D eigenvalue weighted by Gasteiger charge is 2.18. The van der Waals surface area contributed by atoms with Gasteiger partial charge in [0.05, 0.1) is 24.1 Å². The van der Waals surface area contributed by atoms with Crippen molar-refractivity contribution in [3.63, 3.8) is 0 Å². The Morgan fingerprint density at radius 1 is 0.725 bits per heavy atom. The van der Waals surface area contributed by atoms with Crippen molar-refractivity contribution < 1.29 is 23.9 Å². The van der Waals surface area contributed by atoms with Crippen LogP contribution >= 0.6 is 0 Å². The van der Waals surface area contributed by atoms with Crippen molar-refractivity contribution in [2.45, 2.75) is 13.5 Å². The molecule has 9 nitrogen and oxygen atoms in total. The Hall–Kier alpha value is -5.44. The van der Waals surface area contributed by atoms with Crippen molar-refractivity contribution in [1.29, 1.82) is 0 Å². The number of para-hydroxylation sites is 1. The zero-order valence-corrected chi connectivity index (χ0v) is 21.8. The maximum Gasteiger partial charge on any atom is 0.329 e. The van der Waals surface area contributed by atoms with Gasteiger partial charge >= 0.3 is 11.8 Å². The van der Waals surface area contributed by atoms with Gasteiger partial charge in [-0.1, -0.05) is 42.5 Å². The molecule has 0 aliphatic heterocycles. The summed E-state index contributed by atoms with van der Waals surface area (Å²) in [5.74, 6) is -1.03. The highest BCUT2D eigenvalue weighted by atomic mass is 16.5. The first-order valence-electron chi connectivity index (χ1n) is 12.6. The Labute approximate surface area is 231 Å². The van der Waals surface area contributed by atoms with E-state index < -0.39 is 17.7 Å². The summed E-state index contributed by atoms with van der Waals surface area (Å²) in [5.41, 5.74) is 4.87. The van der Waals surface area contributed by atoms with Crippen molar-refractivity contribution >= 4 is 35.3 Å². The highest BCUT2D eigenvalue weighted by molar-refractivity contribution is 6.40. The minimum Gasteiger partial charge on any atom is -0.494 e. The van der Waals surface area contributed by atoms with E-state index in [4.69, 9.17) is 9.47 Å². The largest absolute Gasteiger partial charge is 0.494 e. The molecule has 9 heteroatoms. The Bertz CT molecular complexity index is 1470. The monoisotopic (exact) mass is 536 g/mol. The molecule has 0 aliphatic rings. The molecule has 0 heterocycles. The molecule has 4 aromatic carbocycles. The van der Waals surface area contributed by atoms with Gasteiger partial charge in [0.2, 0.25) is 0 Å². The molecule has 3 N–H and O–H groups in total. The maximum absolute atomic E-state index is 12.8. The molecule has 0 saturated carbocycles. The average Bonchev–Trinajstić information content (AvgIpc) is 2.98. The molecular weight excluding hydrogens is 508 g/mol.